The summed E-state index contributed by atoms with van der Waals surface area (Å²) in [5.74, 6) is 0.953. The molecule has 0 aliphatic heterocycles. The Hall–Kier alpha value is -2.14. The zero-order valence-electron chi connectivity index (χ0n) is 9.88. The third-order valence-corrected chi connectivity index (χ3v) is 3.42. The molecule has 0 radical (unpaired) electrons. The summed E-state index contributed by atoms with van der Waals surface area (Å²) >= 11 is 3.46. The topological polar surface area (TPSA) is 64.9 Å². The number of aromatic nitrogens is 2. The minimum atomic E-state index is 0.464. The van der Waals surface area contributed by atoms with Gasteiger partial charge in [0.1, 0.15) is 0 Å². The van der Waals surface area contributed by atoms with Crippen LogP contribution >= 0.6 is 15.9 Å². The highest BCUT2D eigenvalue weighted by Crippen LogP contribution is 2.29. The molecule has 0 atom stereocenters. The standard InChI is InChI=1S/C14H10BrN3O/c15-11-7-3-1-5-9(11)14-17-13(18-19-14)10-6-2-4-8-12(10)16/h1-8H,16H2. The molecule has 0 fully saturated rings. The highest BCUT2D eigenvalue weighted by atomic mass is 79.9. The molecular formula is C14H10BrN3O. The van der Waals surface area contributed by atoms with Crippen molar-refractivity contribution in [1.82, 2.24) is 10.1 Å². The van der Waals surface area contributed by atoms with Gasteiger partial charge in [0, 0.05) is 15.7 Å². The molecule has 0 saturated heterocycles. The van der Waals surface area contributed by atoms with Crippen LogP contribution in [0, 0.1) is 0 Å². The Morgan fingerprint density at radius 3 is 2.37 bits per heavy atom. The molecular weight excluding hydrogens is 306 g/mol. The van der Waals surface area contributed by atoms with Crippen LogP contribution in [0.1, 0.15) is 0 Å². The summed E-state index contributed by atoms with van der Waals surface area (Å²) in [6.45, 7) is 0. The third-order valence-electron chi connectivity index (χ3n) is 2.73. The summed E-state index contributed by atoms with van der Waals surface area (Å²) in [7, 11) is 0. The molecule has 5 heteroatoms. The lowest BCUT2D eigenvalue weighted by molar-refractivity contribution is 0.432. The van der Waals surface area contributed by atoms with Crippen LogP contribution in [0.3, 0.4) is 0 Å². The maximum atomic E-state index is 5.90. The van der Waals surface area contributed by atoms with Gasteiger partial charge < -0.3 is 10.3 Å². The predicted octanol–water partition coefficient (Wildman–Crippen LogP) is 3.75. The van der Waals surface area contributed by atoms with Crippen LogP contribution in [0.25, 0.3) is 22.8 Å². The van der Waals surface area contributed by atoms with Gasteiger partial charge in [-0.15, -0.1) is 0 Å². The first-order valence-corrected chi connectivity index (χ1v) is 6.48. The van der Waals surface area contributed by atoms with Crippen LogP contribution in [-0.4, -0.2) is 10.1 Å². The Labute approximate surface area is 118 Å². The second-order valence-corrected chi connectivity index (χ2v) is 4.84. The molecule has 3 rings (SSSR count). The number of nitrogens with zero attached hydrogens (tertiary/aromatic N) is 2. The number of nitrogens with two attached hydrogens (primary N) is 1. The van der Waals surface area contributed by atoms with E-state index in [0.717, 1.165) is 15.6 Å². The predicted molar refractivity (Wildman–Crippen MR) is 77.3 cm³/mol. The van der Waals surface area contributed by atoms with Crippen molar-refractivity contribution in [3.8, 4) is 22.8 Å². The fourth-order valence-corrected chi connectivity index (χ4v) is 2.23. The fourth-order valence-electron chi connectivity index (χ4n) is 1.78. The van der Waals surface area contributed by atoms with Gasteiger partial charge >= 0.3 is 0 Å². The van der Waals surface area contributed by atoms with Gasteiger partial charge in [-0.2, -0.15) is 4.98 Å². The van der Waals surface area contributed by atoms with Gasteiger partial charge in [-0.25, -0.2) is 0 Å². The molecule has 0 amide bonds. The van der Waals surface area contributed by atoms with Gasteiger partial charge in [-0.3, -0.25) is 0 Å². The summed E-state index contributed by atoms with van der Waals surface area (Å²) in [5.41, 5.74) is 8.15. The van der Waals surface area contributed by atoms with Gasteiger partial charge in [0.2, 0.25) is 5.82 Å². The number of hydrogen-bond donors (Lipinski definition) is 1. The molecule has 2 N–H and O–H groups in total. The number of nitrogen functional groups attached to an aromatic ring is 1. The lowest BCUT2D eigenvalue weighted by Gasteiger charge is -1.98. The van der Waals surface area contributed by atoms with Crippen LogP contribution in [0.5, 0.6) is 0 Å². The lowest BCUT2D eigenvalue weighted by Crippen LogP contribution is -1.90. The van der Waals surface area contributed by atoms with Gasteiger partial charge in [0.15, 0.2) is 0 Å². The zero-order chi connectivity index (χ0) is 13.2. The zero-order valence-corrected chi connectivity index (χ0v) is 11.5. The Kier molecular flexibility index (Phi) is 3.05. The van der Waals surface area contributed by atoms with Crippen LogP contribution in [0.4, 0.5) is 5.69 Å². The minimum Gasteiger partial charge on any atom is -0.398 e. The number of halogens is 1. The van der Waals surface area contributed by atoms with Crippen molar-refractivity contribution in [2.24, 2.45) is 0 Å². The number of benzene rings is 2. The molecule has 19 heavy (non-hydrogen) atoms. The van der Waals surface area contributed by atoms with Crippen molar-refractivity contribution < 1.29 is 4.52 Å². The van der Waals surface area contributed by atoms with Crippen molar-refractivity contribution in [1.29, 1.82) is 0 Å². The minimum absolute atomic E-state index is 0.464. The SMILES string of the molecule is Nc1ccccc1-c1noc(-c2ccccc2Br)n1. The second-order valence-electron chi connectivity index (χ2n) is 3.99. The number of hydrogen-bond acceptors (Lipinski definition) is 4. The summed E-state index contributed by atoms with van der Waals surface area (Å²) in [6, 6.07) is 15.1. The van der Waals surface area contributed by atoms with Crippen LogP contribution in [0.2, 0.25) is 0 Å². The van der Waals surface area contributed by atoms with E-state index in [1.54, 1.807) is 0 Å². The van der Waals surface area contributed by atoms with Crippen molar-refractivity contribution in [2.75, 3.05) is 5.73 Å². The third kappa shape index (κ3) is 2.24. The number of rotatable bonds is 2. The number of para-hydroxylation sites is 1. The first kappa shape index (κ1) is 11.9. The molecule has 1 aromatic heterocycles. The Morgan fingerprint density at radius 2 is 1.63 bits per heavy atom. The highest BCUT2D eigenvalue weighted by Gasteiger charge is 2.13. The average Bonchev–Trinajstić information content (AvgIpc) is 2.89. The molecule has 0 bridgehead atoms. The van der Waals surface area contributed by atoms with E-state index in [1.165, 1.54) is 0 Å². The quantitative estimate of drug-likeness (QED) is 0.731. The van der Waals surface area contributed by atoms with Crippen LogP contribution in [-0.2, 0) is 0 Å². The maximum absolute atomic E-state index is 5.90. The largest absolute Gasteiger partial charge is 0.398 e. The first-order chi connectivity index (χ1) is 9.25. The van der Waals surface area contributed by atoms with Crippen molar-refractivity contribution in [3.63, 3.8) is 0 Å². The van der Waals surface area contributed by atoms with Crippen molar-refractivity contribution in [2.45, 2.75) is 0 Å². The molecule has 94 valence electrons. The molecule has 0 aliphatic rings. The molecule has 2 aromatic carbocycles. The van der Waals surface area contributed by atoms with Gasteiger partial charge in [0.25, 0.3) is 5.89 Å². The Balaban J connectivity index is 2.06. The molecule has 3 aromatic rings. The Bertz CT molecular complexity index is 664. The van der Waals surface area contributed by atoms with Crippen LogP contribution < -0.4 is 5.73 Å². The normalized spacial score (nSPS) is 10.6. The fraction of sp³-hybridized carbons (Fsp3) is 0. The van der Waals surface area contributed by atoms with Gasteiger partial charge in [-0.05, 0) is 40.2 Å². The van der Waals surface area contributed by atoms with Gasteiger partial charge in [-0.1, -0.05) is 29.4 Å². The second kappa shape index (κ2) is 4.85. The summed E-state index contributed by atoms with van der Waals surface area (Å²) in [5, 5.41) is 3.98. The lowest BCUT2D eigenvalue weighted by atomic mass is 10.2. The van der Waals surface area contributed by atoms with E-state index in [9.17, 15) is 0 Å². The molecule has 0 aliphatic carbocycles. The molecule has 4 nitrogen and oxygen atoms in total. The number of anilines is 1. The van der Waals surface area contributed by atoms with E-state index in [0.29, 0.717) is 17.4 Å². The smallest absolute Gasteiger partial charge is 0.259 e. The molecule has 0 unspecified atom stereocenters. The molecule has 1 heterocycles. The van der Waals surface area contributed by atoms with E-state index in [2.05, 4.69) is 26.1 Å². The summed E-state index contributed by atoms with van der Waals surface area (Å²) in [4.78, 5) is 4.38. The van der Waals surface area contributed by atoms with Crippen molar-refractivity contribution >= 4 is 21.6 Å². The summed E-state index contributed by atoms with van der Waals surface area (Å²) in [6.07, 6.45) is 0. The van der Waals surface area contributed by atoms with E-state index in [4.69, 9.17) is 10.3 Å². The summed E-state index contributed by atoms with van der Waals surface area (Å²) < 4.78 is 6.20. The molecule has 0 spiro atoms. The van der Waals surface area contributed by atoms with E-state index in [1.807, 2.05) is 48.5 Å². The average molecular weight is 316 g/mol. The van der Waals surface area contributed by atoms with E-state index >= 15 is 0 Å². The van der Waals surface area contributed by atoms with E-state index < -0.39 is 0 Å². The monoisotopic (exact) mass is 315 g/mol. The maximum Gasteiger partial charge on any atom is 0.259 e. The molecule has 0 saturated carbocycles. The Morgan fingerprint density at radius 1 is 0.947 bits per heavy atom. The first-order valence-electron chi connectivity index (χ1n) is 5.69. The van der Waals surface area contributed by atoms with Gasteiger partial charge in [0.05, 0.1) is 5.56 Å². The highest BCUT2D eigenvalue weighted by molar-refractivity contribution is 9.10. The van der Waals surface area contributed by atoms with E-state index in [-0.39, 0.29) is 0 Å². The van der Waals surface area contributed by atoms with Crippen LogP contribution in [0.15, 0.2) is 57.5 Å². The van der Waals surface area contributed by atoms with Crippen molar-refractivity contribution in [3.05, 3.63) is 53.0 Å².